The molecule has 80 valence electrons. The van der Waals surface area contributed by atoms with E-state index < -0.39 is 36.0 Å². The van der Waals surface area contributed by atoms with Crippen molar-refractivity contribution in [2.75, 3.05) is 0 Å². The van der Waals surface area contributed by atoms with Crippen molar-refractivity contribution in [3.05, 3.63) is 0 Å². The molecule has 0 saturated carbocycles. The number of aliphatic carboxylic acids is 3. The Hall–Kier alpha value is 3.24. The first kappa shape index (κ1) is 28.4. The Labute approximate surface area is 224 Å². The zero-order valence-corrected chi connectivity index (χ0v) is 19.0. The van der Waals surface area contributed by atoms with Gasteiger partial charge in [-0.05, 0) is 0 Å². The Bertz CT molecular complexity index is 282. The van der Waals surface area contributed by atoms with Crippen LogP contribution in [-0.2, 0) is 14.4 Å². The molecule has 2 N–H and O–H groups in total. The summed E-state index contributed by atoms with van der Waals surface area (Å²) in [6.07, 6.45) is -4.53. The van der Waals surface area contributed by atoms with E-state index >= 15 is 0 Å². The summed E-state index contributed by atoms with van der Waals surface area (Å²) in [7, 11) is 0. The minimum Gasteiger partial charge on any atom is -0.550 e. The summed E-state index contributed by atoms with van der Waals surface area (Å²) in [5.74, 6) is -6.84. The largest absolute Gasteiger partial charge is 1.00 e. The fraction of sp³-hybridized carbons (Fsp3) is 0.500. The second-order valence-electron chi connectivity index (χ2n) is 2.48. The maximum atomic E-state index is 10.2. The van der Waals surface area contributed by atoms with Gasteiger partial charge in [0.15, 0.2) is 0 Å². The molecule has 0 amide bonds. The van der Waals surface area contributed by atoms with Crippen molar-refractivity contribution >= 4 is 17.9 Å². The Morgan fingerprint density at radius 1 is 1.06 bits per heavy atom. The van der Waals surface area contributed by atoms with E-state index in [0.29, 0.717) is 0 Å². The van der Waals surface area contributed by atoms with E-state index in [-0.39, 0.29) is 154 Å². The summed E-state index contributed by atoms with van der Waals surface area (Å²) in [5.41, 5.74) is -3.46. The van der Waals surface area contributed by atoms with Gasteiger partial charge in [0.2, 0.25) is 0 Å². The van der Waals surface area contributed by atoms with Gasteiger partial charge in [0.05, 0.1) is 11.9 Å². The molecule has 0 saturated heterocycles. The van der Waals surface area contributed by atoms with E-state index in [9.17, 15) is 29.7 Å². The number of rotatable bonds is 5. The maximum Gasteiger partial charge on any atom is 1.00 e. The monoisotopic (exact) mass is 322 g/mol. The third-order valence-corrected chi connectivity index (χ3v) is 1.44. The number of carbonyl (C=O) groups is 3. The van der Waals surface area contributed by atoms with Crippen molar-refractivity contribution in [3.8, 4) is 0 Å². The molecule has 0 aliphatic heterocycles. The smallest absolute Gasteiger partial charge is 0.550 e. The standard InChI is InChI=1S/C6H8O8.3K/c7-2(8)1-6(14,5(12)13)3(9)4(10)11;;;/h3,9,14H,1H2,(H,7,8)(H,10,11)(H,12,13);;;/q;3*+1/p-3. The van der Waals surface area contributed by atoms with E-state index in [1.807, 2.05) is 0 Å². The molecule has 0 bridgehead atoms. The van der Waals surface area contributed by atoms with Crippen molar-refractivity contribution in [3.63, 3.8) is 0 Å². The Morgan fingerprint density at radius 2 is 1.41 bits per heavy atom. The molecule has 0 aromatic carbocycles. The fourth-order valence-electron chi connectivity index (χ4n) is 0.695. The maximum absolute atomic E-state index is 10.2. The number of carboxylic acid groups (broad SMARTS) is 3. The van der Waals surface area contributed by atoms with Gasteiger partial charge in [-0.3, -0.25) is 0 Å². The van der Waals surface area contributed by atoms with Crippen LogP contribution in [0.15, 0.2) is 0 Å². The molecule has 0 spiro atoms. The summed E-state index contributed by atoms with van der Waals surface area (Å²) in [5, 5.41) is 47.8. The molecule has 8 nitrogen and oxygen atoms in total. The zero-order valence-electron chi connectivity index (χ0n) is 9.63. The summed E-state index contributed by atoms with van der Waals surface area (Å²) in [6.45, 7) is 0. The minimum absolute atomic E-state index is 0. The summed E-state index contributed by atoms with van der Waals surface area (Å²) in [6, 6.07) is 0. The van der Waals surface area contributed by atoms with Crippen LogP contribution >= 0.6 is 0 Å². The molecule has 2 unspecified atom stereocenters. The van der Waals surface area contributed by atoms with Crippen molar-refractivity contribution < 1.29 is 194 Å². The van der Waals surface area contributed by atoms with Crippen LogP contribution in [-0.4, -0.2) is 39.8 Å². The van der Waals surface area contributed by atoms with Crippen molar-refractivity contribution in [2.24, 2.45) is 0 Å². The molecule has 11 heteroatoms. The molecule has 0 aromatic rings. The first-order valence-electron chi connectivity index (χ1n) is 3.24. The Morgan fingerprint density at radius 3 is 1.59 bits per heavy atom. The van der Waals surface area contributed by atoms with Crippen LogP contribution < -0.4 is 169 Å². The fourth-order valence-corrected chi connectivity index (χ4v) is 0.695. The molecule has 0 aliphatic rings. The number of hydrogen-bond donors (Lipinski definition) is 2. The number of carboxylic acids is 3. The van der Waals surface area contributed by atoms with E-state index in [0.717, 1.165) is 0 Å². The Balaban J connectivity index is -0.000000282. The number of aliphatic hydroxyl groups is 2. The Kier molecular flexibility index (Phi) is 21.6. The van der Waals surface area contributed by atoms with Crippen LogP contribution in [0.1, 0.15) is 6.42 Å². The topological polar surface area (TPSA) is 161 Å². The third-order valence-electron chi connectivity index (χ3n) is 1.44. The number of aliphatic hydroxyl groups excluding tert-OH is 1. The van der Waals surface area contributed by atoms with E-state index in [1.54, 1.807) is 0 Å². The van der Waals surface area contributed by atoms with Crippen LogP contribution in [0.4, 0.5) is 0 Å². The third kappa shape index (κ3) is 9.73. The average molecular weight is 322 g/mol. The van der Waals surface area contributed by atoms with Gasteiger partial charge in [-0.2, -0.15) is 0 Å². The molecule has 0 radical (unpaired) electrons. The summed E-state index contributed by atoms with van der Waals surface area (Å²) in [4.78, 5) is 30.2. The molecule has 0 rings (SSSR count). The van der Waals surface area contributed by atoms with Gasteiger partial charge in [-0.25, -0.2) is 0 Å². The average Bonchev–Trinajstić information content (AvgIpc) is 2.00. The first-order chi connectivity index (χ1) is 6.21. The molecule has 2 atom stereocenters. The summed E-state index contributed by atoms with van der Waals surface area (Å²) < 4.78 is 0. The molecular weight excluding hydrogens is 317 g/mol. The van der Waals surface area contributed by atoms with E-state index in [1.165, 1.54) is 0 Å². The summed E-state index contributed by atoms with van der Waals surface area (Å²) >= 11 is 0. The quantitative estimate of drug-likeness (QED) is 0.471. The van der Waals surface area contributed by atoms with Gasteiger partial charge in [-0.15, -0.1) is 0 Å². The van der Waals surface area contributed by atoms with Gasteiger partial charge < -0.3 is 39.9 Å². The molecule has 0 aromatic heterocycles. The molecule has 0 aliphatic carbocycles. The van der Waals surface area contributed by atoms with Gasteiger partial charge in [0.25, 0.3) is 0 Å². The van der Waals surface area contributed by atoms with Crippen molar-refractivity contribution in [1.82, 2.24) is 0 Å². The van der Waals surface area contributed by atoms with Crippen LogP contribution in [0.25, 0.3) is 0 Å². The number of carbonyl (C=O) groups excluding carboxylic acids is 3. The van der Waals surface area contributed by atoms with Crippen LogP contribution in [0.2, 0.25) is 0 Å². The molecule has 0 fully saturated rings. The second kappa shape index (κ2) is 12.9. The number of hydrogen-bond acceptors (Lipinski definition) is 8. The van der Waals surface area contributed by atoms with Crippen LogP contribution in [0, 0.1) is 0 Å². The zero-order chi connectivity index (χ0) is 11.5. The van der Waals surface area contributed by atoms with Crippen molar-refractivity contribution in [1.29, 1.82) is 0 Å². The predicted molar refractivity (Wildman–Crippen MR) is 30.6 cm³/mol. The predicted octanol–water partition coefficient (Wildman–Crippen LogP) is -15.3. The van der Waals surface area contributed by atoms with E-state index in [2.05, 4.69) is 0 Å². The minimum atomic E-state index is -3.46. The molecule has 17 heavy (non-hydrogen) atoms. The molecule has 0 heterocycles. The van der Waals surface area contributed by atoms with Crippen molar-refractivity contribution in [2.45, 2.75) is 18.1 Å². The van der Waals surface area contributed by atoms with Gasteiger partial charge in [0, 0.05) is 12.4 Å². The van der Waals surface area contributed by atoms with E-state index in [4.69, 9.17) is 10.2 Å². The van der Waals surface area contributed by atoms with Gasteiger partial charge in [0.1, 0.15) is 11.7 Å². The van der Waals surface area contributed by atoms with Crippen LogP contribution in [0.3, 0.4) is 0 Å². The van der Waals surface area contributed by atoms with Gasteiger partial charge in [-0.1, -0.05) is 0 Å². The van der Waals surface area contributed by atoms with Crippen LogP contribution in [0.5, 0.6) is 0 Å². The first-order valence-corrected chi connectivity index (χ1v) is 3.24. The second-order valence-corrected chi connectivity index (χ2v) is 2.48. The SMILES string of the molecule is O=C([O-])CC(O)(C(=O)[O-])C(O)C(=O)[O-].[K+].[K+].[K+]. The molecular formula is C6H5K3O8. The van der Waals surface area contributed by atoms with Gasteiger partial charge >= 0.3 is 154 Å². The normalized spacial score (nSPS) is 13.8.